The number of fused-ring (bicyclic) bond motifs is 1. The van der Waals surface area contributed by atoms with Crippen LogP contribution in [-0.4, -0.2) is 45.4 Å². The lowest BCUT2D eigenvalue weighted by Crippen LogP contribution is -2.31. The van der Waals surface area contributed by atoms with E-state index in [9.17, 15) is 4.79 Å². The zero-order chi connectivity index (χ0) is 32.6. The van der Waals surface area contributed by atoms with Gasteiger partial charge in [-0.2, -0.15) is 0 Å². The molecule has 1 aliphatic heterocycles. The van der Waals surface area contributed by atoms with Gasteiger partial charge in [0.25, 0.3) is 5.91 Å². The Kier molecular flexibility index (Phi) is 10.4. The molecule has 0 saturated carbocycles. The Morgan fingerprint density at radius 1 is 0.872 bits per heavy atom. The predicted molar refractivity (Wildman–Crippen MR) is 187 cm³/mol. The molecule has 1 aliphatic rings. The minimum Gasteiger partial charge on any atom is -0.384 e. The average Bonchev–Trinajstić information content (AvgIpc) is 3.75. The molecule has 6 rings (SSSR count). The van der Waals surface area contributed by atoms with E-state index in [4.69, 9.17) is 26.6 Å². The number of amidine groups is 1. The van der Waals surface area contributed by atoms with Gasteiger partial charge in [0, 0.05) is 43.8 Å². The number of nitrogen functional groups attached to an aromatic ring is 1. The summed E-state index contributed by atoms with van der Waals surface area (Å²) in [5.41, 5.74) is 19.3. The first-order valence-corrected chi connectivity index (χ1v) is 16.6. The molecule has 0 spiro atoms. The number of amides is 1. The van der Waals surface area contributed by atoms with E-state index >= 15 is 0 Å². The molecule has 1 amide bonds. The maximum absolute atomic E-state index is 14.1. The monoisotopic (exact) mass is 628 g/mol. The maximum atomic E-state index is 14.1. The van der Waals surface area contributed by atoms with Crippen molar-refractivity contribution in [1.29, 1.82) is 5.41 Å². The standard InChI is InChI=1S/C39H44N6O2/c40-25-30-10-12-31(13-11-30)26-44(22-4-8-28-6-2-1-3-7-28)39(46)33-19-20-36-35(24-33)43-37(45(36)27-34-9-5-23-47-34)21-16-29-14-17-32(18-15-29)38(41)42/h1-3,6-7,10-15,17-20,24,34H,4-5,8-9,16,21-23,25-27,40H2,(H3,41,42). The van der Waals surface area contributed by atoms with Crippen LogP contribution in [0.5, 0.6) is 0 Å². The average molecular weight is 629 g/mol. The molecule has 2 heterocycles. The summed E-state index contributed by atoms with van der Waals surface area (Å²) in [6, 6.07) is 32.4. The molecule has 5 aromatic rings. The van der Waals surface area contributed by atoms with Gasteiger partial charge in [-0.3, -0.25) is 10.2 Å². The van der Waals surface area contributed by atoms with Crippen LogP contribution in [0.3, 0.4) is 0 Å². The summed E-state index contributed by atoms with van der Waals surface area (Å²) in [5.74, 6) is 1.05. The van der Waals surface area contributed by atoms with E-state index in [2.05, 4.69) is 41.0 Å². The van der Waals surface area contributed by atoms with E-state index in [1.54, 1.807) is 0 Å². The zero-order valence-corrected chi connectivity index (χ0v) is 26.9. The summed E-state index contributed by atoms with van der Waals surface area (Å²) in [4.78, 5) is 21.2. The molecule has 47 heavy (non-hydrogen) atoms. The van der Waals surface area contributed by atoms with Crippen LogP contribution < -0.4 is 11.5 Å². The smallest absolute Gasteiger partial charge is 0.254 e. The topological polar surface area (TPSA) is 123 Å². The number of nitrogens with zero attached hydrogens (tertiary/aromatic N) is 3. The fraction of sp³-hybridized carbons (Fsp3) is 0.308. The molecule has 8 heteroatoms. The van der Waals surface area contributed by atoms with E-state index in [1.165, 1.54) is 5.56 Å². The van der Waals surface area contributed by atoms with Gasteiger partial charge in [0.1, 0.15) is 11.7 Å². The number of ether oxygens (including phenoxy) is 1. The molecule has 8 nitrogen and oxygen atoms in total. The van der Waals surface area contributed by atoms with Crippen molar-refractivity contribution < 1.29 is 9.53 Å². The second-order valence-corrected chi connectivity index (χ2v) is 12.4. The third-order valence-electron chi connectivity index (χ3n) is 9.04. The molecular formula is C39H44N6O2. The summed E-state index contributed by atoms with van der Waals surface area (Å²) >= 11 is 0. The van der Waals surface area contributed by atoms with Crippen LogP contribution in [0.4, 0.5) is 0 Å². The van der Waals surface area contributed by atoms with Crippen molar-refractivity contribution in [3.8, 4) is 0 Å². The number of nitrogens with one attached hydrogen (secondary N) is 1. The van der Waals surface area contributed by atoms with Crippen molar-refractivity contribution in [3.05, 3.63) is 136 Å². The van der Waals surface area contributed by atoms with Crippen molar-refractivity contribution in [2.45, 2.75) is 64.3 Å². The number of nitrogens with two attached hydrogens (primary N) is 2. The zero-order valence-electron chi connectivity index (χ0n) is 26.9. The van der Waals surface area contributed by atoms with Crippen molar-refractivity contribution in [1.82, 2.24) is 14.5 Å². The Morgan fingerprint density at radius 2 is 1.57 bits per heavy atom. The Hall–Kier alpha value is -4.79. The number of carbonyl (C=O) groups is 1. The first-order valence-electron chi connectivity index (χ1n) is 16.6. The molecule has 0 radical (unpaired) electrons. The molecule has 1 saturated heterocycles. The van der Waals surface area contributed by atoms with Gasteiger partial charge in [-0.25, -0.2) is 4.98 Å². The van der Waals surface area contributed by atoms with Gasteiger partial charge in [0.15, 0.2) is 0 Å². The number of rotatable bonds is 14. The second kappa shape index (κ2) is 15.2. The number of imidazole rings is 1. The number of carbonyl (C=O) groups excluding carboxylic acids is 1. The van der Waals surface area contributed by atoms with Gasteiger partial charge in [-0.05, 0) is 72.6 Å². The van der Waals surface area contributed by atoms with Gasteiger partial charge in [-0.15, -0.1) is 0 Å². The minimum atomic E-state index is 0.00338. The maximum Gasteiger partial charge on any atom is 0.254 e. The Morgan fingerprint density at radius 3 is 2.28 bits per heavy atom. The molecule has 0 bridgehead atoms. The van der Waals surface area contributed by atoms with Crippen molar-refractivity contribution in [3.63, 3.8) is 0 Å². The van der Waals surface area contributed by atoms with E-state index in [0.29, 0.717) is 25.2 Å². The SMILES string of the molecule is N=C(N)c1ccc(CCc2nc3cc(C(=O)N(CCCc4ccccc4)Cc4ccc(CN)cc4)ccc3n2CC2CCCO2)cc1. The van der Waals surface area contributed by atoms with Crippen LogP contribution in [0.1, 0.15) is 63.3 Å². The van der Waals surface area contributed by atoms with Crippen LogP contribution in [0, 0.1) is 5.41 Å². The number of benzene rings is 4. The summed E-state index contributed by atoms with van der Waals surface area (Å²) in [7, 11) is 0. The molecule has 5 N–H and O–H groups in total. The minimum absolute atomic E-state index is 0.00338. The lowest BCUT2D eigenvalue weighted by atomic mass is 10.1. The molecule has 1 atom stereocenters. The number of aryl methyl sites for hydroxylation is 3. The quantitative estimate of drug-likeness (QED) is 0.103. The van der Waals surface area contributed by atoms with Gasteiger partial charge < -0.3 is 25.7 Å². The largest absolute Gasteiger partial charge is 0.384 e. The van der Waals surface area contributed by atoms with Crippen LogP contribution in [-0.2, 0) is 43.6 Å². The molecular weight excluding hydrogens is 584 g/mol. The summed E-state index contributed by atoms with van der Waals surface area (Å²) < 4.78 is 8.29. The molecule has 1 aromatic heterocycles. The second-order valence-electron chi connectivity index (χ2n) is 12.4. The summed E-state index contributed by atoms with van der Waals surface area (Å²) in [5, 5.41) is 7.67. The highest BCUT2D eigenvalue weighted by Crippen LogP contribution is 2.24. The van der Waals surface area contributed by atoms with E-state index in [1.807, 2.05) is 65.6 Å². The number of hydrogen-bond acceptors (Lipinski definition) is 5. The van der Waals surface area contributed by atoms with Gasteiger partial charge in [0.2, 0.25) is 0 Å². The Bertz CT molecular complexity index is 1790. The molecule has 242 valence electrons. The van der Waals surface area contributed by atoms with Crippen LogP contribution in [0.25, 0.3) is 11.0 Å². The predicted octanol–water partition coefficient (Wildman–Crippen LogP) is 6.02. The highest BCUT2D eigenvalue weighted by molar-refractivity contribution is 5.97. The van der Waals surface area contributed by atoms with Crippen molar-refractivity contribution in [2.75, 3.05) is 13.2 Å². The normalized spacial score (nSPS) is 14.4. The van der Waals surface area contributed by atoms with Crippen molar-refractivity contribution in [2.24, 2.45) is 11.5 Å². The van der Waals surface area contributed by atoms with E-state index < -0.39 is 0 Å². The lowest BCUT2D eigenvalue weighted by Gasteiger charge is -2.23. The lowest BCUT2D eigenvalue weighted by molar-refractivity contribution is 0.0741. The highest BCUT2D eigenvalue weighted by Gasteiger charge is 2.22. The molecule has 0 aliphatic carbocycles. The van der Waals surface area contributed by atoms with Gasteiger partial charge >= 0.3 is 0 Å². The van der Waals surface area contributed by atoms with E-state index in [0.717, 1.165) is 90.8 Å². The molecule has 1 unspecified atom stereocenters. The van der Waals surface area contributed by atoms with E-state index in [-0.39, 0.29) is 17.8 Å². The number of aromatic nitrogens is 2. The van der Waals surface area contributed by atoms with Crippen LogP contribution in [0.15, 0.2) is 97.1 Å². The third kappa shape index (κ3) is 8.14. The molecule has 1 fully saturated rings. The fourth-order valence-corrected chi connectivity index (χ4v) is 6.36. The van der Waals surface area contributed by atoms with Crippen LogP contribution >= 0.6 is 0 Å². The first-order chi connectivity index (χ1) is 23.0. The molecule has 4 aromatic carbocycles. The fourth-order valence-electron chi connectivity index (χ4n) is 6.36. The summed E-state index contributed by atoms with van der Waals surface area (Å²) in [6.45, 7) is 3.20. The van der Waals surface area contributed by atoms with Crippen LogP contribution in [0.2, 0.25) is 0 Å². The third-order valence-corrected chi connectivity index (χ3v) is 9.04. The number of hydrogen-bond donors (Lipinski definition) is 3. The highest BCUT2D eigenvalue weighted by atomic mass is 16.5. The Labute approximate surface area is 276 Å². The first kappa shape index (κ1) is 32.2. The Balaban J connectivity index is 1.25. The van der Waals surface area contributed by atoms with Gasteiger partial charge in [0.05, 0.1) is 23.7 Å². The summed E-state index contributed by atoms with van der Waals surface area (Å²) in [6.07, 6.45) is 5.59. The van der Waals surface area contributed by atoms with Gasteiger partial charge in [-0.1, -0.05) is 78.9 Å². The van der Waals surface area contributed by atoms with Crippen molar-refractivity contribution >= 4 is 22.8 Å².